The molecule has 3 heterocycles. The maximum absolute atomic E-state index is 11.8. The van der Waals surface area contributed by atoms with Crippen LogP contribution in [0.2, 0.25) is 0 Å². The Bertz CT molecular complexity index is 754. The van der Waals surface area contributed by atoms with E-state index < -0.39 is 0 Å². The predicted molar refractivity (Wildman–Crippen MR) is 66.0 cm³/mol. The van der Waals surface area contributed by atoms with Gasteiger partial charge in [-0.25, -0.2) is 9.78 Å². The zero-order chi connectivity index (χ0) is 12.0. The van der Waals surface area contributed by atoms with Gasteiger partial charge in [-0.3, -0.25) is 4.57 Å². The van der Waals surface area contributed by atoms with Gasteiger partial charge in [0.1, 0.15) is 11.3 Å². The number of nitrogens with zero attached hydrogens (tertiary/aromatic N) is 3. The Morgan fingerprint density at radius 2 is 2.12 bits per heavy atom. The van der Waals surface area contributed by atoms with Gasteiger partial charge in [0.25, 0.3) is 0 Å². The van der Waals surface area contributed by atoms with E-state index in [1.165, 1.54) is 0 Å². The molecule has 0 aliphatic heterocycles. The van der Waals surface area contributed by atoms with Crippen molar-refractivity contribution < 1.29 is 0 Å². The molecule has 0 saturated heterocycles. The number of H-pyrrole nitrogens is 1. The Kier molecular flexibility index (Phi) is 2.01. The van der Waals surface area contributed by atoms with Crippen LogP contribution in [0.25, 0.3) is 22.1 Å². The minimum Gasteiger partial charge on any atom is -0.324 e. The predicted octanol–water partition coefficient (Wildman–Crippen LogP) is 1.85. The molecule has 0 radical (unpaired) electrons. The van der Waals surface area contributed by atoms with Crippen LogP contribution in [0.4, 0.5) is 0 Å². The molecule has 0 bridgehead atoms. The third kappa shape index (κ3) is 1.43. The first kappa shape index (κ1) is 10.0. The number of hydrogen-bond donors (Lipinski definition) is 1. The molecule has 17 heavy (non-hydrogen) atoms. The van der Waals surface area contributed by atoms with E-state index >= 15 is 0 Å². The van der Waals surface area contributed by atoms with Gasteiger partial charge in [0.2, 0.25) is 0 Å². The normalized spacial score (nSPS) is 11.7. The van der Waals surface area contributed by atoms with Gasteiger partial charge >= 0.3 is 5.69 Å². The Morgan fingerprint density at radius 3 is 2.88 bits per heavy atom. The van der Waals surface area contributed by atoms with Gasteiger partial charge in [-0.15, -0.1) is 0 Å². The summed E-state index contributed by atoms with van der Waals surface area (Å²) < 4.78 is 1.63. The molecule has 0 aliphatic rings. The molecule has 0 aromatic carbocycles. The highest BCUT2D eigenvalue weighted by atomic mass is 16.1. The molecule has 0 atom stereocenters. The molecule has 0 unspecified atom stereocenters. The smallest absolute Gasteiger partial charge is 0.324 e. The number of rotatable bonds is 1. The number of hydrogen-bond acceptors (Lipinski definition) is 3. The summed E-state index contributed by atoms with van der Waals surface area (Å²) in [6.45, 7) is 3.92. The summed E-state index contributed by atoms with van der Waals surface area (Å²) >= 11 is 0. The molecular formula is C12H12N4O. The molecule has 0 spiro atoms. The van der Waals surface area contributed by atoms with E-state index in [9.17, 15) is 4.79 Å². The van der Waals surface area contributed by atoms with E-state index in [0.717, 1.165) is 16.4 Å². The Labute approximate surface area is 97.1 Å². The molecule has 1 N–H and O–H groups in total. The second-order valence-corrected chi connectivity index (χ2v) is 4.31. The fourth-order valence-electron chi connectivity index (χ4n) is 1.97. The first-order valence-electron chi connectivity index (χ1n) is 5.52. The fraction of sp³-hybridized carbons (Fsp3) is 0.250. The number of aromatic nitrogens is 4. The van der Waals surface area contributed by atoms with Crippen molar-refractivity contribution in [2.45, 2.75) is 19.9 Å². The maximum Gasteiger partial charge on any atom is 0.349 e. The van der Waals surface area contributed by atoms with Crippen molar-refractivity contribution in [2.75, 3.05) is 0 Å². The van der Waals surface area contributed by atoms with Gasteiger partial charge in [-0.1, -0.05) is 0 Å². The van der Waals surface area contributed by atoms with E-state index in [-0.39, 0.29) is 11.7 Å². The standard InChI is InChI=1S/C12H12N4O/c1-7(2)16-6-9-8-4-3-5-13-10(8)14-11(9)15-12(16)17/h3-7H,1-2H3,(H,13,14,15,17). The molecule has 86 valence electrons. The van der Waals surface area contributed by atoms with Crippen molar-refractivity contribution >= 4 is 22.1 Å². The van der Waals surface area contributed by atoms with E-state index in [1.54, 1.807) is 10.8 Å². The number of aromatic amines is 1. The zero-order valence-electron chi connectivity index (χ0n) is 9.64. The lowest BCUT2D eigenvalue weighted by Crippen LogP contribution is -2.23. The Morgan fingerprint density at radius 1 is 1.29 bits per heavy atom. The molecule has 0 saturated carbocycles. The lowest BCUT2D eigenvalue weighted by atomic mass is 10.2. The highest BCUT2D eigenvalue weighted by molar-refractivity contribution is 6.03. The summed E-state index contributed by atoms with van der Waals surface area (Å²) in [5.74, 6) is 0. The van der Waals surface area contributed by atoms with E-state index in [2.05, 4.69) is 15.0 Å². The molecule has 5 nitrogen and oxygen atoms in total. The monoisotopic (exact) mass is 228 g/mol. The summed E-state index contributed by atoms with van der Waals surface area (Å²) in [5.41, 5.74) is 1.12. The minimum absolute atomic E-state index is 0.0982. The van der Waals surface area contributed by atoms with Crippen molar-refractivity contribution in [1.82, 2.24) is 19.5 Å². The van der Waals surface area contributed by atoms with Crippen LogP contribution in [-0.2, 0) is 0 Å². The van der Waals surface area contributed by atoms with Crippen molar-refractivity contribution in [3.05, 3.63) is 35.0 Å². The van der Waals surface area contributed by atoms with Gasteiger partial charge in [0.15, 0.2) is 0 Å². The van der Waals surface area contributed by atoms with Crippen molar-refractivity contribution in [3.8, 4) is 0 Å². The largest absolute Gasteiger partial charge is 0.349 e. The van der Waals surface area contributed by atoms with Crippen molar-refractivity contribution in [3.63, 3.8) is 0 Å². The van der Waals surface area contributed by atoms with Crippen LogP contribution in [0, 0.1) is 0 Å². The van der Waals surface area contributed by atoms with E-state index in [1.807, 2.05) is 32.2 Å². The van der Waals surface area contributed by atoms with E-state index in [4.69, 9.17) is 0 Å². The Hall–Kier alpha value is -2.17. The first-order chi connectivity index (χ1) is 8.16. The molecule has 3 aromatic heterocycles. The lowest BCUT2D eigenvalue weighted by Gasteiger charge is -2.07. The molecule has 0 fully saturated rings. The summed E-state index contributed by atoms with van der Waals surface area (Å²) in [5, 5.41) is 1.92. The van der Waals surface area contributed by atoms with Crippen LogP contribution < -0.4 is 5.69 Å². The summed E-state index contributed by atoms with van der Waals surface area (Å²) in [7, 11) is 0. The van der Waals surface area contributed by atoms with Gasteiger partial charge in [-0.05, 0) is 26.0 Å². The van der Waals surface area contributed by atoms with Crippen LogP contribution in [0.3, 0.4) is 0 Å². The first-order valence-corrected chi connectivity index (χ1v) is 5.52. The molecule has 3 rings (SSSR count). The number of nitrogens with one attached hydrogen (secondary N) is 1. The number of fused-ring (bicyclic) bond motifs is 3. The zero-order valence-corrected chi connectivity index (χ0v) is 9.64. The second-order valence-electron chi connectivity index (χ2n) is 4.31. The van der Waals surface area contributed by atoms with Crippen LogP contribution in [-0.4, -0.2) is 19.5 Å². The van der Waals surface area contributed by atoms with Crippen LogP contribution >= 0.6 is 0 Å². The van der Waals surface area contributed by atoms with Crippen LogP contribution in [0.1, 0.15) is 19.9 Å². The van der Waals surface area contributed by atoms with Gasteiger partial charge in [-0.2, -0.15) is 4.98 Å². The average Bonchev–Trinajstić information content (AvgIpc) is 2.64. The molecule has 3 aromatic rings. The molecule has 0 aliphatic carbocycles. The lowest BCUT2D eigenvalue weighted by molar-refractivity contribution is 0.569. The van der Waals surface area contributed by atoms with Crippen molar-refractivity contribution in [2.24, 2.45) is 0 Å². The number of pyridine rings is 1. The average molecular weight is 228 g/mol. The quantitative estimate of drug-likeness (QED) is 0.691. The molecular weight excluding hydrogens is 216 g/mol. The highest BCUT2D eigenvalue weighted by Crippen LogP contribution is 2.21. The van der Waals surface area contributed by atoms with Crippen LogP contribution in [0.5, 0.6) is 0 Å². The summed E-state index contributed by atoms with van der Waals surface area (Å²) in [6.07, 6.45) is 3.56. The van der Waals surface area contributed by atoms with Crippen LogP contribution in [0.15, 0.2) is 29.3 Å². The minimum atomic E-state index is -0.237. The third-order valence-electron chi connectivity index (χ3n) is 2.84. The van der Waals surface area contributed by atoms with Crippen molar-refractivity contribution in [1.29, 1.82) is 0 Å². The third-order valence-corrected chi connectivity index (χ3v) is 2.84. The van der Waals surface area contributed by atoms with Gasteiger partial charge in [0, 0.05) is 29.2 Å². The highest BCUT2D eigenvalue weighted by Gasteiger charge is 2.10. The Balaban J connectivity index is 2.48. The van der Waals surface area contributed by atoms with E-state index in [0.29, 0.717) is 5.65 Å². The summed E-state index contributed by atoms with van der Waals surface area (Å²) in [4.78, 5) is 23.1. The fourth-order valence-corrected chi connectivity index (χ4v) is 1.97. The SMILES string of the molecule is CC(C)n1cc2c(nc1=O)[nH]c1ncccc12. The maximum atomic E-state index is 11.8. The second kappa shape index (κ2) is 3.41. The molecule has 5 heteroatoms. The molecule has 0 amide bonds. The summed E-state index contributed by atoms with van der Waals surface area (Å²) in [6, 6.07) is 3.94. The van der Waals surface area contributed by atoms with Gasteiger partial charge in [0.05, 0.1) is 0 Å². The topological polar surface area (TPSA) is 63.6 Å². The van der Waals surface area contributed by atoms with Gasteiger partial charge < -0.3 is 4.98 Å².